The molecule has 1 unspecified atom stereocenters. The van der Waals surface area contributed by atoms with Gasteiger partial charge in [-0.05, 0) is 24.5 Å². The number of para-hydroxylation sites is 1. The maximum absolute atomic E-state index is 13.1. The minimum absolute atomic E-state index is 0.143. The van der Waals surface area contributed by atoms with Gasteiger partial charge in [-0.2, -0.15) is 4.98 Å². The van der Waals surface area contributed by atoms with Gasteiger partial charge >= 0.3 is 0 Å². The van der Waals surface area contributed by atoms with E-state index < -0.39 is 11.5 Å². The van der Waals surface area contributed by atoms with Gasteiger partial charge in [0, 0.05) is 19.0 Å². The average Bonchev–Trinajstić information content (AvgIpc) is 3.24. The SMILES string of the molecule is Cc1nc(C2(NC(=O)C3CC(=O)Nc4ccccc43)CCCC2)no1. The summed E-state index contributed by atoms with van der Waals surface area (Å²) in [6.07, 6.45) is 3.69. The van der Waals surface area contributed by atoms with Crippen molar-refractivity contribution in [1.29, 1.82) is 0 Å². The van der Waals surface area contributed by atoms with Crippen molar-refractivity contribution in [1.82, 2.24) is 15.5 Å². The first kappa shape index (κ1) is 15.8. The topological polar surface area (TPSA) is 97.1 Å². The molecule has 2 heterocycles. The molecule has 2 amide bonds. The Bertz CT molecular complexity index is 823. The van der Waals surface area contributed by atoms with E-state index in [1.54, 1.807) is 6.92 Å². The molecular formula is C18H20N4O3. The predicted octanol–water partition coefficient (Wildman–Crippen LogP) is 2.39. The number of nitrogens with zero attached hydrogens (tertiary/aromatic N) is 2. The van der Waals surface area contributed by atoms with Crippen LogP contribution >= 0.6 is 0 Å². The third kappa shape index (κ3) is 2.79. The maximum atomic E-state index is 13.1. The molecule has 4 rings (SSSR count). The first-order valence-corrected chi connectivity index (χ1v) is 8.59. The van der Waals surface area contributed by atoms with Gasteiger partial charge in [0.2, 0.25) is 17.7 Å². The summed E-state index contributed by atoms with van der Waals surface area (Å²) >= 11 is 0. The summed E-state index contributed by atoms with van der Waals surface area (Å²) in [7, 11) is 0. The number of nitrogens with one attached hydrogen (secondary N) is 2. The van der Waals surface area contributed by atoms with Crippen LogP contribution in [0.5, 0.6) is 0 Å². The number of hydrogen-bond acceptors (Lipinski definition) is 5. The molecule has 1 saturated carbocycles. The number of fused-ring (bicyclic) bond motifs is 1. The van der Waals surface area contributed by atoms with Crippen LogP contribution in [-0.2, 0) is 15.1 Å². The van der Waals surface area contributed by atoms with E-state index in [1.807, 2.05) is 24.3 Å². The molecule has 0 radical (unpaired) electrons. The van der Waals surface area contributed by atoms with Crippen LogP contribution in [0.15, 0.2) is 28.8 Å². The molecule has 1 atom stereocenters. The van der Waals surface area contributed by atoms with Crippen LogP contribution in [0.4, 0.5) is 5.69 Å². The second kappa shape index (κ2) is 5.98. The molecule has 1 aromatic carbocycles. The summed E-state index contributed by atoms with van der Waals surface area (Å²) in [5.74, 6) is 0.208. The number of carbonyl (C=O) groups is 2. The highest BCUT2D eigenvalue weighted by Crippen LogP contribution is 2.39. The molecular weight excluding hydrogens is 320 g/mol. The van der Waals surface area contributed by atoms with E-state index in [2.05, 4.69) is 20.8 Å². The lowest BCUT2D eigenvalue weighted by Gasteiger charge is -2.31. The van der Waals surface area contributed by atoms with E-state index in [0.717, 1.165) is 31.2 Å². The highest BCUT2D eigenvalue weighted by Gasteiger charge is 2.43. The summed E-state index contributed by atoms with van der Waals surface area (Å²) < 4.78 is 5.13. The summed E-state index contributed by atoms with van der Waals surface area (Å²) in [6, 6.07) is 7.43. The molecule has 0 saturated heterocycles. The maximum Gasteiger partial charge on any atom is 0.228 e. The van der Waals surface area contributed by atoms with Gasteiger partial charge in [0.25, 0.3) is 0 Å². The first-order chi connectivity index (χ1) is 12.1. The van der Waals surface area contributed by atoms with Crippen LogP contribution in [0.25, 0.3) is 0 Å². The number of anilines is 1. The van der Waals surface area contributed by atoms with Crippen molar-refractivity contribution in [2.45, 2.75) is 50.5 Å². The highest BCUT2D eigenvalue weighted by atomic mass is 16.5. The zero-order chi connectivity index (χ0) is 17.4. The molecule has 1 fully saturated rings. The van der Waals surface area contributed by atoms with Crippen molar-refractivity contribution >= 4 is 17.5 Å². The molecule has 2 aromatic rings. The van der Waals surface area contributed by atoms with E-state index in [-0.39, 0.29) is 18.2 Å². The van der Waals surface area contributed by atoms with Gasteiger partial charge in [-0.1, -0.05) is 36.2 Å². The summed E-state index contributed by atoms with van der Waals surface area (Å²) in [4.78, 5) is 29.4. The van der Waals surface area contributed by atoms with Crippen molar-refractivity contribution in [3.63, 3.8) is 0 Å². The molecule has 2 aliphatic rings. The second-order valence-electron chi connectivity index (χ2n) is 6.81. The van der Waals surface area contributed by atoms with Gasteiger partial charge in [0.05, 0.1) is 5.92 Å². The molecule has 2 N–H and O–H groups in total. The Labute approximate surface area is 145 Å². The molecule has 1 aliphatic heterocycles. The highest BCUT2D eigenvalue weighted by molar-refractivity contribution is 6.01. The minimum atomic E-state index is -0.599. The molecule has 1 aromatic heterocycles. The molecule has 7 heteroatoms. The summed E-state index contributed by atoms with van der Waals surface area (Å²) in [6.45, 7) is 1.74. The number of amides is 2. The number of aryl methyl sites for hydroxylation is 1. The van der Waals surface area contributed by atoms with Crippen molar-refractivity contribution < 1.29 is 14.1 Å². The quantitative estimate of drug-likeness (QED) is 0.894. The fourth-order valence-electron chi connectivity index (χ4n) is 3.84. The lowest BCUT2D eigenvalue weighted by Crippen LogP contribution is -2.47. The van der Waals surface area contributed by atoms with Crippen LogP contribution in [0.1, 0.15) is 55.3 Å². The molecule has 130 valence electrons. The Kier molecular flexibility index (Phi) is 3.78. The Morgan fingerprint density at radius 2 is 2.08 bits per heavy atom. The lowest BCUT2D eigenvalue weighted by molar-refractivity contribution is -0.128. The standard InChI is InChI=1S/C18H20N4O3/c1-11-19-17(22-25-11)18(8-4-5-9-18)21-16(24)13-10-15(23)20-14-7-3-2-6-12(13)14/h2-3,6-7,13H,4-5,8-10H2,1H3,(H,20,23)(H,21,24). The molecule has 0 spiro atoms. The van der Waals surface area contributed by atoms with Crippen molar-refractivity contribution in [2.75, 3.05) is 5.32 Å². The van der Waals surface area contributed by atoms with E-state index in [1.165, 1.54) is 0 Å². The van der Waals surface area contributed by atoms with E-state index in [4.69, 9.17) is 4.52 Å². The number of hydrogen-bond donors (Lipinski definition) is 2. The van der Waals surface area contributed by atoms with Crippen LogP contribution in [0.3, 0.4) is 0 Å². The Morgan fingerprint density at radius 3 is 2.80 bits per heavy atom. The van der Waals surface area contributed by atoms with E-state index in [0.29, 0.717) is 17.4 Å². The van der Waals surface area contributed by atoms with E-state index in [9.17, 15) is 9.59 Å². The normalized spacial score (nSPS) is 21.5. The lowest BCUT2D eigenvalue weighted by atomic mass is 9.88. The van der Waals surface area contributed by atoms with Crippen LogP contribution in [-0.4, -0.2) is 22.0 Å². The van der Waals surface area contributed by atoms with Crippen molar-refractivity contribution in [3.8, 4) is 0 Å². The summed E-state index contributed by atoms with van der Waals surface area (Å²) in [5, 5.41) is 10.0. The first-order valence-electron chi connectivity index (χ1n) is 8.59. The van der Waals surface area contributed by atoms with Gasteiger partial charge in [-0.15, -0.1) is 0 Å². The van der Waals surface area contributed by atoms with Crippen LogP contribution in [0, 0.1) is 6.92 Å². The monoisotopic (exact) mass is 340 g/mol. The third-order valence-electron chi connectivity index (χ3n) is 5.09. The van der Waals surface area contributed by atoms with Gasteiger partial charge < -0.3 is 15.2 Å². The van der Waals surface area contributed by atoms with Gasteiger partial charge in [-0.25, -0.2) is 0 Å². The molecule has 0 bridgehead atoms. The van der Waals surface area contributed by atoms with Gasteiger partial charge in [-0.3, -0.25) is 9.59 Å². The zero-order valence-corrected chi connectivity index (χ0v) is 14.0. The van der Waals surface area contributed by atoms with Gasteiger partial charge in [0.1, 0.15) is 5.54 Å². The zero-order valence-electron chi connectivity index (χ0n) is 14.0. The third-order valence-corrected chi connectivity index (χ3v) is 5.09. The Balaban J connectivity index is 1.64. The Hall–Kier alpha value is -2.70. The second-order valence-corrected chi connectivity index (χ2v) is 6.81. The largest absolute Gasteiger partial charge is 0.343 e. The average molecular weight is 340 g/mol. The van der Waals surface area contributed by atoms with Crippen LogP contribution < -0.4 is 10.6 Å². The number of rotatable bonds is 3. The number of benzene rings is 1. The molecule has 7 nitrogen and oxygen atoms in total. The molecule has 1 aliphatic carbocycles. The van der Waals surface area contributed by atoms with Gasteiger partial charge in [0.15, 0.2) is 5.82 Å². The molecule has 25 heavy (non-hydrogen) atoms. The minimum Gasteiger partial charge on any atom is -0.343 e. The number of aromatic nitrogens is 2. The van der Waals surface area contributed by atoms with Crippen molar-refractivity contribution in [2.24, 2.45) is 0 Å². The summed E-state index contributed by atoms with van der Waals surface area (Å²) in [5.41, 5.74) is 0.948. The smallest absolute Gasteiger partial charge is 0.228 e. The van der Waals surface area contributed by atoms with Crippen molar-refractivity contribution in [3.05, 3.63) is 41.5 Å². The number of carbonyl (C=O) groups excluding carboxylic acids is 2. The van der Waals surface area contributed by atoms with E-state index >= 15 is 0 Å². The fraction of sp³-hybridized carbons (Fsp3) is 0.444. The predicted molar refractivity (Wildman–Crippen MR) is 89.8 cm³/mol. The Morgan fingerprint density at radius 1 is 1.32 bits per heavy atom. The van der Waals surface area contributed by atoms with Crippen LogP contribution in [0.2, 0.25) is 0 Å². The fourth-order valence-corrected chi connectivity index (χ4v) is 3.84.